The Morgan fingerprint density at radius 2 is 2.07 bits per heavy atom. The average Bonchev–Trinajstić information content (AvgIpc) is 3.06. The molecule has 3 rings (SSSR count). The molecule has 1 atom stereocenters. The van der Waals surface area contributed by atoms with E-state index in [4.69, 9.17) is 0 Å². The van der Waals surface area contributed by atoms with Crippen LogP contribution in [0.15, 0.2) is 48.8 Å². The van der Waals surface area contributed by atoms with E-state index in [2.05, 4.69) is 10.3 Å². The molecule has 2 heterocycles. The predicted molar refractivity (Wildman–Crippen MR) is 91.7 cm³/mol. The highest BCUT2D eigenvalue weighted by Gasteiger charge is 2.32. The molecule has 1 aliphatic heterocycles. The average molecular weight is 377 g/mol. The topological polar surface area (TPSA) is 62.3 Å². The van der Waals surface area contributed by atoms with Gasteiger partial charge in [0.05, 0.1) is 17.2 Å². The number of pyridine rings is 1. The van der Waals surface area contributed by atoms with Gasteiger partial charge in [-0.25, -0.2) is 0 Å². The Morgan fingerprint density at radius 1 is 1.26 bits per heavy atom. The maximum atomic E-state index is 13.1. The number of nitrogens with one attached hydrogen (secondary N) is 1. The van der Waals surface area contributed by atoms with Crippen molar-refractivity contribution < 1.29 is 22.8 Å². The van der Waals surface area contributed by atoms with Crippen LogP contribution in [0, 0.1) is 0 Å². The summed E-state index contributed by atoms with van der Waals surface area (Å²) in [4.78, 5) is 29.9. The first-order chi connectivity index (χ1) is 12.8. The van der Waals surface area contributed by atoms with E-state index in [1.807, 2.05) is 0 Å². The van der Waals surface area contributed by atoms with Gasteiger partial charge in [-0.2, -0.15) is 13.2 Å². The van der Waals surface area contributed by atoms with Crippen molar-refractivity contribution in [2.45, 2.75) is 25.1 Å². The van der Waals surface area contributed by atoms with Crippen molar-refractivity contribution in [3.8, 4) is 0 Å². The van der Waals surface area contributed by atoms with Crippen molar-refractivity contribution in [1.29, 1.82) is 0 Å². The van der Waals surface area contributed by atoms with Gasteiger partial charge in [-0.05, 0) is 36.2 Å². The van der Waals surface area contributed by atoms with E-state index in [9.17, 15) is 22.8 Å². The van der Waals surface area contributed by atoms with E-state index < -0.39 is 23.7 Å². The van der Waals surface area contributed by atoms with E-state index in [1.54, 1.807) is 17.0 Å². The normalized spacial score (nSPS) is 15.7. The van der Waals surface area contributed by atoms with Crippen molar-refractivity contribution in [1.82, 2.24) is 15.2 Å². The fourth-order valence-corrected chi connectivity index (χ4v) is 3.02. The van der Waals surface area contributed by atoms with Crippen LogP contribution in [0.2, 0.25) is 0 Å². The van der Waals surface area contributed by atoms with Gasteiger partial charge in [0.1, 0.15) is 0 Å². The number of benzene rings is 1. The van der Waals surface area contributed by atoms with Crippen molar-refractivity contribution in [3.05, 3.63) is 65.5 Å². The van der Waals surface area contributed by atoms with Crippen molar-refractivity contribution >= 4 is 11.8 Å². The summed E-state index contributed by atoms with van der Waals surface area (Å²) in [6.07, 6.45) is -0.489. The minimum absolute atomic E-state index is 0.0670. The Balaban J connectivity index is 1.87. The number of rotatable bonds is 5. The fraction of sp³-hybridized carbons (Fsp3) is 0.316. The zero-order chi connectivity index (χ0) is 19.4. The van der Waals surface area contributed by atoms with Gasteiger partial charge in [0.25, 0.3) is 5.91 Å². The van der Waals surface area contributed by atoms with E-state index in [1.165, 1.54) is 24.5 Å². The summed E-state index contributed by atoms with van der Waals surface area (Å²) in [6.45, 7) is 0.642. The molecule has 1 aliphatic rings. The number of halogens is 3. The van der Waals surface area contributed by atoms with E-state index in [-0.39, 0.29) is 12.5 Å². The molecule has 0 saturated carbocycles. The first kappa shape index (κ1) is 18.9. The van der Waals surface area contributed by atoms with E-state index >= 15 is 0 Å². The largest absolute Gasteiger partial charge is 0.416 e. The number of hydrogen-bond donors (Lipinski definition) is 1. The maximum Gasteiger partial charge on any atom is 0.416 e. The molecule has 1 N–H and O–H groups in total. The molecule has 1 saturated heterocycles. The van der Waals surface area contributed by atoms with Gasteiger partial charge in [0, 0.05) is 31.9 Å². The van der Waals surface area contributed by atoms with Crippen LogP contribution in [0.5, 0.6) is 0 Å². The molecule has 0 radical (unpaired) electrons. The number of likely N-dealkylation sites (tertiary alicyclic amines) is 1. The molecule has 8 heteroatoms. The molecule has 142 valence electrons. The van der Waals surface area contributed by atoms with Gasteiger partial charge in [0.15, 0.2) is 0 Å². The molecule has 0 bridgehead atoms. The van der Waals surface area contributed by atoms with Gasteiger partial charge >= 0.3 is 6.18 Å². The minimum atomic E-state index is -4.49. The predicted octanol–water partition coefficient (Wildman–Crippen LogP) is 3.19. The Bertz CT molecular complexity index is 824. The SMILES string of the molecule is O=C(NC(CN1CCCC1=O)c1cccc(C(F)(F)F)c1)c1cccnc1. The Morgan fingerprint density at radius 3 is 2.70 bits per heavy atom. The monoisotopic (exact) mass is 377 g/mol. The van der Waals surface area contributed by atoms with Crippen molar-refractivity contribution in [3.63, 3.8) is 0 Å². The van der Waals surface area contributed by atoms with E-state index in [0.717, 1.165) is 12.1 Å². The van der Waals surface area contributed by atoms with Gasteiger partial charge < -0.3 is 10.2 Å². The third kappa shape index (κ3) is 4.64. The highest BCUT2D eigenvalue weighted by atomic mass is 19.4. The van der Waals surface area contributed by atoms with Crippen LogP contribution < -0.4 is 5.32 Å². The van der Waals surface area contributed by atoms with Crippen LogP contribution in [0.4, 0.5) is 13.2 Å². The summed E-state index contributed by atoms with van der Waals surface area (Å²) in [5.41, 5.74) is -0.211. The molecule has 5 nitrogen and oxygen atoms in total. The number of hydrogen-bond acceptors (Lipinski definition) is 3. The van der Waals surface area contributed by atoms with Gasteiger partial charge in [-0.1, -0.05) is 12.1 Å². The van der Waals surface area contributed by atoms with Crippen molar-refractivity contribution in [2.75, 3.05) is 13.1 Å². The van der Waals surface area contributed by atoms with Crippen LogP contribution in [-0.4, -0.2) is 34.8 Å². The number of aromatic nitrogens is 1. The Kier molecular flexibility index (Phi) is 5.43. The van der Waals surface area contributed by atoms with E-state index in [0.29, 0.717) is 30.5 Å². The molecule has 0 aliphatic carbocycles. The summed E-state index contributed by atoms with van der Waals surface area (Å²) in [7, 11) is 0. The number of alkyl halides is 3. The quantitative estimate of drug-likeness (QED) is 0.871. The van der Waals surface area contributed by atoms with Gasteiger partial charge in [-0.15, -0.1) is 0 Å². The van der Waals surface area contributed by atoms with Crippen LogP contribution >= 0.6 is 0 Å². The lowest BCUT2D eigenvalue weighted by atomic mass is 10.0. The zero-order valence-corrected chi connectivity index (χ0v) is 14.4. The lowest BCUT2D eigenvalue weighted by molar-refractivity contribution is -0.137. The second-order valence-corrected chi connectivity index (χ2v) is 6.33. The standard InChI is InChI=1S/C19H18F3N3O2/c20-19(21,22)15-6-1-4-13(10-15)16(12-25-9-3-7-17(25)26)24-18(27)14-5-2-8-23-11-14/h1-2,4-6,8,10-11,16H,3,7,9,12H2,(H,24,27). The molecule has 1 fully saturated rings. The first-order valence-electron chi connectivity index (χ1n) is 8.50. The third-order valence-corrected chi connectivity index (χ3v) is 4.42. The summed E-state index contributed by atoms with van der Waals surface area (Å²) in [5.74, 6) is -0.528. The van der Waals surface area contributed by atoms with Crippen LogP contribution in [0.25, 0.3) is 0 Å². The molecule has 2 aromatic rings. The number of carbonyl (C=O) groups excluding carboxylic acids is 2. The summed E-state index contributed by atoms with van der Waals surface area (Å²) < 4.78 is 39.2. The zero-order valence-electron chi connectivity index (χ0n) is 14.4. The molecule has 2 amide bonds. The number of nitrogens with zero attached hydrogens (tertiary/aromatic N) is 2. The summed E-state index contributed by atoms with van der Waals surface area (Å²) in [5, 5.41) is 2.74. The second-order valence-electron chi connectivity index (χ2n) is 6.33. The molecular formula is C19H18F3N3O2. The molecular weight excluding hydrogens is 359 g/mol. The van der Waals surface area contributed by atoms with Crippen LogP contribution in [-0.2, 0) is 11.0 Å². The number of amides is 2. The number of carbonyl (C=O) groups is 2. The van der Waals surface area contributed by atoms with Crippen LogP contribution in [0.1, 0.15) is 40.4 Å². The third-order valence-electron chi connectivity index (χ3n) is 4.42. The van der Waals surface area contributed by atoms with Crippen LogP contribution in [0.3, 0.4) is 0 Å². The summed E-state index contributed by atoms with van der Waals surface area (Å²) >= 11 is 0. The smallest absolute Gasteiger partial charge is 0.343 e. The Hall–Kier alpha value is -2.90. The molecule has 1 aromatic heterocycles. The molecule has 0 spiro atoms. The second kappa shape index (κ2) is 7.77. The molecule has 27 heavy (non-hydrogen) atoms. The van der Waals surface area contributed by atoms with Gasteiger partial charge in [0.2, 0.25) is 5.91 Å². The first-order valence-corrected chi connectivity index (χ1v) is 8.50. The Labute approximate surface area is 154 Å². The fourth-order valence-electron chi connectivity index (χ4n) is 3.02. The van der Waals surface area contributed by atoms with Crippen molar-refractivity contribution in [2.24, 2.45) is 0 Å². The highest BCUT2D eigenvalue weighted by molar-refractivity contribution is 5.94. The minimum Gasteiger partial charge on any atom is -0.343 e. The van der Waals surface area contributed by atoms with Gasteiger partial charge in [-0.3, -0.25) is 14.6 Å². The lowest BCUT2D eigenvalue weighted by Gasteiger charge is -2.25. The lowest BCUT2D eigenvalue weighted by Crippen LogP contribution is -2.38. The summed E-state index contributed by atoms with van der Waals surface area (Å²) in [6, 6.07) is 7.20. The molecule has 1 unspecified atom stereocenters. The maximum absolute atomic E-state index is 13.1. The highest BCUT2D eigenvalue weighted by Crippen LogP contribution is 2.31. The molecule has 1 aromatic carbocycles.